The van der Waals surface area contributed by atoms with Crippen molar-refractivity contribution in [3.8, 4) is 11.6 Å². The van der Waals surface area contributed by atoms with Crippen LogP contribution in [0.2, 0.25) is 36.3 Å². The minimum absolute atomic E-state index is 0.0305. The van der Waals surface area contributed by atoms with Crippen LogP contribution in [0.3, 0.4) is 0 Å². The third kappa shape index (κ3) is 11.5. The molecule has 1 saturated heterocycles. The van der Waals surface area contributed by atoms with E-state index in [1.807, 2.05) is 6.92 Å². The van der Waals surface area contributed by atoms with Crippen LogP contribution in [-0.4, -0.2) is 58.6 Å². The normalized spacial score (nSPS) is 22.7. The first kappa shape index (κ1) is 43.3. The summed E-state index contributed by atoms with van der Waals surface area (Å²) in [5.41, 5.74) is 2.79. The van der Waals surface area contributed by atoms with Gasteiger partial charge in [0.1, 0.15) is 31.5 Å². The van der Waals surface area contributed by atoms with Crippen molar-refractivity contribution in [2.75, 3.05) is 14.2 Å². The van der Waals surface area contributed by atoms with Crippen molar-refractivity contribution < 1.29 is 27.5 Å². The zero-order valence-corrected chi connectivity index (χ0v) is 36.9. The van der Waals surface area contributed by atoms with Crippen LogP contribution in [0.1, 0.15) is 119 Å². The summed E-state index contributed by atoms with van der Waals surface area (Å²) < 4.78 is 38.2. The molecule has 0 bridgehead atoms. The van der Waals surface area contributed by atoms with Gasteiger partial charge in [0, 0.05) is 33.5 Å². The summed E-state index contributed by atoms with van der Waals surface area (Å²) in [6.45, 7) is 31.4. The number of ether oxygens (including phenoxy) is 3. The zero-order valence-electron chi connectivity index (χ0n) is 34.9. The van der Waals surface area contributed by atoms with Crippen molar-refractivity contribution in [3.05, 3.63) is 53.8 Å². The fourth-order valence-electron chi connectivity index (χ4n) is 6.17. The fraction of sp³-hybridized carbons (Fsp3) is 0.707. The topological polar surface area (TPSA) is 89.0 Å². The summed E-state index contributed by atoms with van der Waals surface area (Å²) in [5.74, 6) is 0.894. The largest absolute Gasteiger partial charge is 0.450 e. The quantitative estimate of drug-likeness (QED) is 0.124. The van der Waals surface area contributed by atoms with E-state index in [0.717, 1.165) is 24.6 Å². The van der Waals surface area contributed by atoms with E-state index < -0.39 is 22.2 Å². The predicted molar refractivity (Wildman–Crippen MR) is 215 cm³/mol. The number of aromatic nitrogens is 2. The van der Waals surface area contributed by atoms with Crippen molar-refractivity contribution in [1.29, 1.82) is 0 Å². The Morgan fingerprint density at radius 3 is 2.33 bits per heavy atom. The van der Waals surface area contributed by atoms with E-state index in [0.29, 0.717) is 48.3 Å². The minimum atomic E-state index is -2.14. The molecule has 10 heteroatoms. The van der Waals surface area contributed by atoms with E-state index in [9.17, 15) is 0 Å². The van der Waals surface area contributed by atoms with E-state index in [4.69, 9.17) is 37.4 Å². The SMILES string of the molecule is C/C=C/[C@H](C)/C=C(/C)C/C=C/CCc1nc(-c2nc([C@@H](C[C@H]3C[C@@H](O[Si](C)(C)C(C)(C)C)C[C@](C)(OC)O3)OC)co2)c([Si](C)(C)C(C)(C)C)o1. The molecule has 3 rings (SSSR count). The van der Waals surface area contributed by atoms with Crippen molar-refractivity contribution >= 4 is 21.8 Å². The van der Waals surface area contributed by atoms with Gasteiger partial charge in [-0.15, -0.1) is 0 Å². The standard InChI is InChI=1S/C41H70N2O6Si2/c1-17-21-29(2)24-30(3)22-19-18-20-23-35-43-36(38(47-35)50(13,14)39(4,5)6)37-42-33(28-46-37)34(44-11)26-31-25-32(27-41(10,45-12)48-31)49-51(15,16)40(7,8)9/h17-19,21,24,28-29,31-32,34H,20,22-23,25-27H2,1-16H3/b19-18+,21-17+,30-24-/t29-,31+,32+,34+,41+/m0/s1. The molecule has 0 N–H and O–H groups in total. The lowest BCUT2D eigenvalue weighted by Crippen LogP contribution is -2.51. The number of hydrogen-bond donors (Lipinski definition) is 0. The molecule has 1 aliphatic rings. The van der Waals surface area contributed by atoms with Crippen LogP contribution >= 0.6 is 0 Å². The summed E-state index contributed by atoms with van der Waals surface area (Å²) in [5, 5.41) is 1.07. The molecule has 0 unspecified atom stereocenters. The second-order valence-corrected chi connectivity index (χ2v) is 27.8. The smallest absolute Gasteiger partial charge is 0.248 e. The molecule has 3 heterocycles. The number of hydrogen-bond acceptors (Lipinski definition) is 8. The number of nitrogens with zero attached hydrogens (tertiary/aromatic N) is 2. The minimum Gasteiger partial charge on any atom is -0.450 e. The lowest BCUT2D eigenvalue weighted by atomic mass is 9.95. The number of rotatable bonds is 16. The molecule has 0 saturated carbocycles. The van der Waals surface area contributed by atoms with Gasteiger partial charge in [0.2, 0.25) is 5.89 Å². The first-order valence-corrected chi connectivity index (χ1v) is 24.8. The highest BCUT2D eigenvalue weighted by Gasteiger charge is 2.46. The first-order chi connectivity index (χ1) is 23.6. The van der Waals surface area contributed by atoms with Crippen LogP contribution < -0.4 is 5.38 Å². The third-order valence-electron chi connectivity index (χ3n) is 11.3. The molecule has 51 heavy (non-hydrogen) atoms. The van der Waals surface area contributed by atoms with Gasteiger partial charge in [-0.05, 0) is 69.1 Å². The molecular weight excluding hydrogens is 673 g/mol. The number of oxazole rings is 2. The van der Waals surface area contributed by atoms with Crippen molar-refractivity contribution in [3.63, 3.8) is 0 Å². The lowest BCUT2D eigenvalue weighted by molar-refractivity contribution is -0.277. The molecule has 1 fully saturated rings. The van der Waals surface area contributed by atoms with Crippen molar-refractivity contribution in [2.24, 2.45) is 5.92 Å². The molecule has 288 valence electrons. The maximum Gasteiger partial charge on any atom is 0.248 e. The van der Waals surface area contributed by atoms with E-state index in [-0.39, 0.29) is 28.4 Å². The van der Waals surface area contributed by atoms with Crippen molar-refractivity contribution in [1.82, 2.24) is 9.97 Å². The Morgan fingerprint density at radius 1 is 1.06 bits per heavy atom. The maximum atomic E-state index is 6.88. The van der Waals surface area contributed by atoms with Crippen LogP contribution in [0, 0.1) is 5.92 Å². The highest BCUT2D eigenvalue weighted by atomic mass is 28.4. The monoisotopic (exact) mass is 742 g/mol. The molecule has 5 atom stereocenters. The summed E-state index contributed by atoms with van der Waals surface area (Å²) in [6.07, 6.45) is 16.9. The van der Waals surface area contributed by atoms with E-state index in [1.165, 1.54) is 5.57 Å². The number of aryl methyl sites for hydroxylation is 1. The highest BCUT2D eigenvalue weighted by Crippen LogP contribution is 2.42. The van der Waals surface area contributed by atoms with Crippen LogP contribution in [0.5, 0.6) is 0 Å². The molecule has 2 aromatic rings. The van der Waals surface area contributed by atoms with Gasteiger partial charge in [-0.1, -0.05) is 97.5 Å². The Morgan fingerprint density at radius 2 is 1.75 bits per heavy atom. The number of allylic oxidation sites excluding steroid dienone is 6. The molecule has 0 amide bonds. The van der Waals surface area contributed by atoms with Gasteiger partial charge in [0.25, 0.3) is 0 Å². The van der Waals surface area contributed by atoms with E-state index >= 15 is 0 Å². The Bertz CT molecular complexity index is 1490. The molecule has 0 spiro atoms. The summed E-state index contributed by atoms with van der Waals surface area (Å²) in [6, 6.07) is 0. The van der Waals surface area contributed by atoms with Gasteiger partial charge in [-0.25, -0.2) is 9.97 Å². The second kappa shape index (κ2) is 17.4. The Kier molecular flexibility index (Phi) is 14.8. The first-order valence-electron chi connectivity index (χ1n) is 18.9. The molecule has 8 nitrogen and oxygen atoms in total. The Hall–Kier alpha value is -2.09. The van der Waals surface area contributed by atoms with Gasteiger partial charge in [-0.2, -0.15) is 0 Å². The number of methoxy groups -OCH3 is 2. The Balaban J connectivity index is 1.83. The summed E-state index contributed by atoms with van der Waals surface area (Å²) in [4.78, 5) is 10.0. The van der Waals surface area contributed by atoms with Gasteiger partial charge in [0.05, 0.1) is 12.2 Å². The van der Waals surface area contributed by atoms with Crippen LogP contribution in [0.15, 0.2) is 51.1 Å². The van der Waals surface area contributed by atoms with E-state index in [1.54, 1.807) is 20.5 Å². The lowest BCUT2D eigenvalue weighted by Gasteiger charge is -2.46. The van der Waals surface area contributed by atoms with Crippen LogP contribution in [-0.2, 0) is 25.1 Å². The second-order valence-electron chi connectivity index (χ2n) is 17.8. The third-order valence-corrected chi connectivity index (χ3v) is 21.1. The van der Waals surface area contributed by atoms with Crippen LogP contribution in [0.4, 0.5) is 0 Å². The summed E-state index contributed by atoms with van der Waals surface area (Å²) in [7, 11) is -0.712. The van der Waals surface area contributed by atoms with Gasteiger partial charge >= 0.3 is 0 Å². The Labute approximate surface area is 312 Å². The van der Waals surface area contributed by atoms with Crippen LogP contribution in [0.25, 0.3) is 11.6 Å². The summed E-state index contributed by atoms with van der Waals surface area (Å²) >= 11 is 0. The van der Waals surface area contributed by atoms with Gasteiger partial charge in [-0.3, -0.25) is 0 Å². The van der Waals surface area contributed by atoms with Crippen molar-refractivity contribution in [2.45, 2.75) is 168 Å². The molecule has 0 aliphatic carbocycles. The van der Waals surface area contributed by atoms with Gasteiger partial charge in [0.15, 0.2) is 25.7 Å². The van der Waals surface area contributed by atoms with Gasteiger partial charge < -0.3 is 27.5 Å². The molecule has 0 radical (unpaired) electrons. The fourth-order valence-corrected chi connectivity index (χ4v) is 9.34. The maximum absolute atomic E-state index is 6.88. The molecule has 2 aromatic heterocycles. The van der Waals surface area contributed by atoms with E-state index in [2.05, 4.69) is 119 Å². The zero-order chi connectivity index (χ0) is 38.4. The average Bonchev–Trinajstić information content (AvgIpc) is 3.66. The molecule has 0 aromatic carbocycles. The predicted octanol–water partition coefficient (Wildman–Crippen LogP) is 11.1. The molecular formula is C41H70N2O6Si2. The highest BCUT2D eigenvalue weighted by molar-refractivity contribution is 6.92. The average molecular weight is 743 g/mol. The molecule has 1 aliphatic heterocycles.